The van der Waals surface area contributed by atoms with E-state index in [-0.39, 0.29) is 11.5 Å². The van der Waals surface area contributed by atoms with Crippen molar-refractivity contribution in [2.75, 3.05) is 33.3 Å². The summed E-state index contributed by atoms with van der Waals surface area (Å²) in [4.78, 5) is 30.6. The molecule has 3 rings (SSSR count). The molecule has 0 radical (unpaired) electrons. The number of pyridine rings is 1. The zero-order valence-electron chi connectivity index (χ0n) is 14.4. The minimum Gasteiger partial charge on any atom is -0.496 e. The number of ether oxygens (including phenoxy) is 1. The van der Waals surface area contributed by atoms with E-state index >= 15 is 0 Å². The van der Waals surface area contributed by atoms with Crippen molar-refractivity contribution < 1.29 is 9.53 Å². The monoisotopic (exact) mass is 341 g/mol. The lowest BCUT2D eigenvalue weighted by Gasteiger charge is -2.34. The number of aromatic amines is 1. The molecule has 0 saturated carbocycles. The van der Waals surface area contributed by atoms with Crippen LogP contribution in [0.4, 0.5) is 0 Å². The SMILES string of the molecule is COc1ccccc1CC(=O)N1CCN(Cc2ccc(=O)[nH]c2)CC1. The summed E-state index contributed by atoms with van der Waals surface area (Å²) in [5, 5.41) is 0. The summed E-state index contributed by atoms with van der Waals surface area (Å²) in [5.74, 6) is 0.890. The van der Waals surface area contributed by atoms with Gasteiger partial charge >= 0.3 is 0 Å². The van der Waals surface area contributed by atoms with Crippen molar-refractivity contribution in [3.63, 3.8) is 0 Å². The lowest BCUT2D eigenvalue weighted by atomic mass is 10.1. The van der Waals surface area contributed by atoms with Crippen molar-refractivity contribution in [3.8, 4) is 5.75 Å². The number of carbonyl (C=O) groups is 1. The fourth-order valence-electron chi connectivity index (χ4n) is 3.08. The number of benzene rings is 1. The number of H-pyrrole nitrogens is 1. The molecule has 132 valence electrons. The molecule has 1 saturated heterocycles. The van der Waals surface area contributed by atoms with E-state index < -0.39 is 0 Å². The Morgan fingerprint density at radius 3 is 2.56 bits per heavy atom. The van der Waals surface area contributed by atoms with Gasteiger partial charge in [-0.15, -0.1) is 0 Å². The molecule has 1 aliphatic heterocycles. The highest BCUT2D eigenvalue weighted by atomic mass is 16.5. The number of piperazine rings is 1. The van der Waals surface area contributed by atoms with Gasteiger partial charge in [-0.05, 0) is 11.6 Å². The summed E-state index contributed by atoms with van der Waals surface area (Å²) in [7, 11) is 1.62. The Morgan fingerprint density at radius 1 is 1.12 bits per heavy atom. The number of amides is 1. The van der Waals surface area contributed by atoms with Crippen LogP contribution in [0.25, 0.3) is 0 Å². The maximum absolute atomic E-state index is 12.6. The van der Waals surface area contributed by atoms with E-state index in [0.29, 0.717) is 6.42 Å². The van der Waals surface area contributed by atoms with Crippen molar-refractivity contribution in [1.29, 1.82) is 0 Å². The molecule has 2 aromatic rings. The zero-order chi connectivity index (χ0) is 17.6. The predicted molar refractivity (Wildman–Crippen MR) is 95.6 cm³/mol. The molecular weight excluding hydrogens is 318 g/mol. The minimum atomic E-state index is -0.0875. The molecule has 0 aliphatic carbocycles. The second kappa shape index (κ2) is 7.98. The molecule has 1 amide bonds. The molecule has 0 bridgehead atoms. The third kappa shape index (κ3) is 4.48. The van der Waals surface area contributed by atoms with Crippen LogP contribution in [-0.2, 0) is 17.8 Å². The number of rotatable bonds is 5. The van der Waals surface area contributed by atoms with Gasteiger partial charge in [-0.2, -0.15) is 0 Å². The smallest absolute Gasteiger partial charge is 0.247 e. The normalized spacial score (nSPS) is 15.2. The Kier molecular flexibility index (Phi) is 5.50. The van der Waals surface area contributed by atoms with E-state index in [4.69, 9.17) is 4.74 Å². The Bertz CT molecular complexity index is 759. The molecule has 1 fully saturated rings. The first-order valence-corrected chi connectivity index (χ1v) is 8.45. The topological polar surface area (TPSA) is 65.6 Å². The van der Waals surface area contributed by atoms with Crippen LogP contribution in [0.15, 0.2) is 47.4 Å². The first kappa shape index (κ1) is 17.2. The van der Waals surface area contributed by atoms with Gasteiger partial charge in [0, 0.05) is 50.6 Å². The standard InChI is InChI=1S/C19H23N3O3/c1-25-17-5-3-2-4-16(17)12-19(24)22-10-8-21(9-11-22)14-15-6-7-18(23)20-13-15/h2-7,13H,8-12,14H2,1H3,(H,20,23). The third-order valence-corrected chi connectivity index (χ3v) is 4.51. The van der Waals surface area contributed by atoms with Gasteiger partial charge < -0.3 is 14.6 Å². The quantitative estimate of drug-likeness (QED) is 0.889. The lowest BCUT2D eigenvalue weighted by Crippen LogP contribution is -2.48. The van der Waals surface area contributed by atoms with Crippen LogP contribution in [-0.4, -0.2) is 54.0 Å². The first-order valence-electron chi connectivity index (χ1n) is 8.45. The maximum Gasteiger partial charge on any atom is 0.247 e. The predicted octanol–water partition coefficient (Wildman–Crippen LogP) is 1.27. The van der Waals surface area contributed by atoms with Crippen molar-refractivity contribution in [1.82, 2.24) is 14.8 Å². The Morgan fingerprint density at radius 2 is 1.88 bits per heavy atom. The molecule has 25 heavy (non-hydrogen) atoms. The lowest BCUT2D eigenvalue weighted by molar-refractivity contribution is -0.132. The van der Waals surface area contributed by atoms with Crippen LogP contribution in [0.3, 0.4) is 0 Å². The second-order valence-corrected chi connectivity index (χ2v) is 6.21. The number of carbonyl (C=O) groups excluding carboxylic acids is 1. The van der Waals surface area contributed by atoms with Gasteiger partial charge in [0.2, 0.25) is 11.5 Å². The number of aromatic nitrogens is 1. The maximum atomic E-state index is 12.6. The van der Waals surface area contributed by atoms with E-state index in [0.717, 1.165) is 49.6 Å². The highest BCUT2D eigenvalue weighted by Gasteiger charge is 2.22. The zero-order valence-corrected chi connectivity index (χ0v) is 14.4. The van der Waals surface area contributed by atoms with Crippen LogP contribution >= 0.6 is 0 Å². The van der Waals surface area contributed by atoms with Crippen molar-refractivity contribution >= 4 is 5.91 Å². The summed E-state index contributed by atoms with van der Waals surface area (Å²) >= 11 is 0. The van der Waals surface area contributed by atoms with Crippen LogP contribution in [0.5, 0.6) is 5.75 Å². The van der Waals surface area contributed by atoms with E-state index in [9.17, 15) is 9.59 Å². The molecule has 1 aromatic carbocycles. The highest BCUT2D eigenvalue weighted by molar-refractivity contribution is 5.79. The minimum absolute atomic E-state index is 0.0875. The average Bonchev–Trinajstić information content (AvgIpc) is 2.64. The molecule has 6 nitrogen and oxygen atoms in total. The average molecular weight is 341 g/mol. The van der Waals surface area contributed by atoms with Crippen LogP contribution in [0.2, 0.25) is 0 Å². The number of para-hydroxylation sites is 1. The second-order valence-electron chi connectivity index (χ2n) is 6.21. The Hall–Kier alpha value is -2.60. The number of methoxy groups -OCH3 is 1. The fraction of sp³-hybridized carbons (Fsp3) is 0.368. The molecular formula is C19H23N3O3. The van der Waals surface area contributed by atoms with E-state index in [2.05, 4.69) is 9.88 Å². The van der Waals surface area contributed by atoms with Crippen LogP contribution < -0.4 is 10.3 Å². The Balaban J connectivity index is 1.52. The van der Waals surface area contributed by atoms with Gasteiger partial charge in [-0.25, -0.2) is 0 Å². The summed E-state index contributed by atoms with van der Waals surface area (Å²) in [6, 6.07) is 11.0. The molecule has 0 spiro atoms. The molecule has 2 heterocycles. The van der Waals surface area contributed by atoms with Gasteiger partial charge in [0.25, 0.3) is 0 Å². The van der Waals surface area contributed by atoms with Gasteiger partial charge in [-0.1, -0.05) is 24.3 Å². The van der Waals surface area contributed by atoms with Crippen molar-refractivity contribution in [2.45, 2.75) is 13.0 Å². The number of hydrogen-bond donors (Lipinski definition) is 1. The van der Waals surface area contributed by atoms with Gasteiger partial charge in [0.1, 0.15) is 5.75 Å². The summed E-state index contributed by atoms with van der Waals surface area (Å²) < 4.78 is 5.32. The third-order valence-electron chi connectivity index (χ3n) is 4.51. The largest absolute Gasteiger partial charge is 0.496 e. The van der Waals surface area contributed by atoms with E-state index in [1.165, 1.54) is 0 Å². The molecule has 6 heteroatoms. The molecule has 0 atom stereocenters. The van der Waals surface area contributed by atoms with Gasteiger partial charge in [0.15, 0.2) is 0 Å². The first-order chi connectivity index (χ1) is 12.2. The Labute approximate surface area is 147 Å². The van der Waals surface area contributed by atoms with Crippen LogP contribution in [0.1, 0.15) is 11.1 Å². The van der Waals surface area contributed by atoms with Crippen molar-refractivity contribution in [2.24, 2.45) is 0 Å². The van der Waals surface area contributed by atoms with E-state index in [1.807, 2.05) is 35.2 Å². The number of hydrogen-bond acceptors (Lipinski definition) is 4. The van der Waals surface area contributed by atoms with E-state index in [1.54, 1.807) is 19.4 Å². The molecule has 1 aliphatic rings. The van der Waals surface area contributed by atoms with Crippen LogP contribution in [0, 0.1) is 0 Å². The van der Waals surface area contributed by atoms with Gasteiger partial charge in [0.05, 0.1) is 13.5 Å². The summed E-state index contributed by atoms with van der Waals surface area (Å²) in [5.41, 5.74) is 1.91. The highest BCUT2D eigenvalue weighted by Crippen LogP contribution is 2.19. The van der Waals surface area contributed by atoms with Crippen molar-refractivity contribution in [3.05, 3.63) is 64.1 Å². The molecule has 1 aromatic heterocycles. The summed E-state index contributed by atoms with van der Waals surface area (Å²) in [6.07, 6.45) is 2.12. The fourth-order valence-corrected chi connectivity index (χ4v) is 3.08. The summed E-state index contributed by atoms with van der Waals surface area (Å²) in [6.45, 7) is 3.88. The van der Waals surface area contributed by atoms with Gasteiger partial charge in [-0.3, -0.25) is 14.5 Å². The number of nitrogens with zero attached hydrogens (tertiary/aromatic N) is 2. The molecule has 1 N–H and O–H groups in total. The number of nitrogens with one attached hydrogen (secondary N) is 1. The molecule has 0 unspecified atom stereocenters.